The summed E-state index contributed by atoms with van der Waals surface area (Å²) in [5.41, 5.74) is 1.84. The molecule has 3 atom stereocenters. The van der Waals surface area contributed by atoms with Gasteiger partial charge in [0.25, 0.3) is 5.91 Å². The van der Waals surface area contributed by atoms with Crippen molar-refractivity contribution in [2.24, 2.45) is 5.92 Å². The largest absolute Gasteiger partial charge is 0.348 e. The molecule has 98 valence electrons. The number of piperidine rings is 1. The number of nitrogens with one attached hydrogen (secondary N) is 2. The molecular weight excluding hydrogens is 238 g/mol. The number of carbonyl (C=O) groups excluding carboxylic acids is 1. The summed E-state index contributed by atoms with van der Waals surface area (Å²) in [6.45, 7) is 1.12. The predicted octanol–water partition coefficient (Wildman–Crippen LogP) is 1.42. The lowest BCUT2D eigenvalue weighted by molar-refractivity contribution is 0.0928. The fourth-order valence-corrected chi connectivity index (χ4v) is 3.43. The highest BCUT2D eigenvalue weighted by atomic mass is 16.1. The summed E-state index contributed by atoms with van der Waals surface area (Å²) in [6.07, 6.45) is 6.19. The van der Waals surface area contributed by atoms with Gasteiger partial charge in [-0.2, -0.15) is 0 Å². The Labute approximate surface area is 111 Å². The van der Waals surface area contributed by atoms with Gasteiger partial charge in [0, 0.05) is 30.0 Å². The fourth-order valence-electron chi connectivity index (χ4n) is 3.43. The van der Waals surface area contributed by atoms with Crippen molar-refractivity contribution in [3.8, 4) is 0 Å². The van der Waals surface area contributed by atoms with Gasteiger partial charge < -0.3 is 15.0 Å². The molecule has 2 N–H and O–H groups in total. The molecule has 1 saturated carbocycles. The maximum absolute atomic E-state index is 12.3. The molecule has 2 fully saturated rings. The van der Waals surface area contributed by atoms with E-state index in [0.29, 0.717) is 12.1 Å². The minimum Gasteiger partial charge on any atom is -0.348 e. The van der Waals surface area contributed by atoms with E-state index in [2.05, 4.69) is 10.6 Å². The van der Waals surface area contributed by atoms with Gasteiger partial charge in [-0.1, -0.05) is 0 Å². The molecule has 1 amide bonds. The van der Waals surface area contributed by atoms with Crippen LogP contribution in [0.4, 0.5) is 0 Å². The minimum absolute atomic E-state index is 0.0370. The number of aromatic nitrogens is 1. The monoisotopic (exact) mass is 255 g/mol. The van der Waals surface area contributed by atoms with Gasteiger partial charge in [0.05, 0.1) is 5.56 Å². The highest BCUT2D eigenvalue weighted by molar-refractivity contribution is 5.94. The van der Waals surface area contributed by atoms with Gasteiger partial charge >= 0.3 is 0 Å². The Balaban J connectivity index is 1.53. The summed E-state index contributed by atoms with van der Waals surface area (Å²) in [5, 5.41) is 6.64. The van der Waals surface area contributed by atoms with Crippen molar-refractivity contribution in [1.29, 1.82) is 0 Å². The van der Waals surface area contributed by atoms with E-state index in [1.165, 1.54) is 6.42 Å². The zero-order valence-electron chi connectivity index (χ0n) is 10.7. The third-order valence-corrected chi connectivity index (χ3v) is 4.43. The fraction of sp³-hybridized carbons (Fsp3) is 0.400. The molecule has 2 aliphatic rings. The Hall–Kier alpha value is -1.81. The van der Waals surface area contributed by atoms with Gasteiger partial charge in [0.2, 0.25) is 0 Å². The number of amides is 1. The summed E-state index contributed by atoms with van der Waals surface area (Å²) in [6, 6.07) is 8.66. The van der Waals surface area contributed by atoms with E-state index in [4.69, 9.17) is 0 Å². The lowest BCUT2D eigenvalue weighted by Crippen LogP contribution is -2.47. The second-order valence-corrected chi connectivity index (χ2v) is 5.69. The standard InChI is InChI=1S/C15H17N3O/c19-15(17-14-7-10-6-13(14)16-8-10)11-3-4-12-2-1-5-18(12)9-11/h1-5,9-10,13-14,16H,6-8H2,(H,17,19). The molecule has 0 aromatic carbocycles. The minimum atomic E-state index is 0.0370. The maximum Gasteiger partial charge on any atom is 0.253 e. The molecule has 3 heterocycles. The molecule has 2 bridgehead atoms. The van der Waals surface area contributed by atoms with Crippen LogP contribution >= 0.6 is 0 Å². The number of pyridine rings is 1. The third-order valence-electron chi connectivity index (χ3n) is 4.43. The van der Waals surface area contributed by atoms with E-state index in [9.17, 15) is 4.79 Å². The molecule has 1 aliphatic carbocycles. The Bertz CT molecular complexity index is 633. The average molecular weight is 255 g/mol. The van der Waals surface area contributed by atoms with Crippen LogP contribution in [0.1, 0.15) is 23.2 Å². The molecule has 1 aliphatic heterocycles. The number of hydrogen-bond acceptors (Lipinski definition) is 2. The second-order valence-electron chi connectivity index (χ2n) is 5.69. The van der Waals surface area contributed by atoms with Crippen LogP contribution in [0, 0.1) is 5.92 Å². The number of hydrogen-bond donors (Lipinski definition) is 2. The Morgan fingerprint density at radius 3 is 3.05 bits per heavy atom. The first-order valence-corrected chi connectivity index (χ1v) is 6.90. The molecule has 0 radical (unpaired) electrons. The van der Waals surface area contributed by atoms with Crippen molar-refractivity contribution in [1.82, 2.24) is 15.0 Å². The van der Waals surface area contributed by atoms with Crippen LogP contribution in [0.2, 0.25) is 0 Å². The van der Waals surface area contributed by atoms with Crippen molar-refractivity contribution in [3.63, 3.8) is 0 Å². The van der Waals surface area contributed by atoms with E-state index in [-0.39, 0.29) is 5.91 Å². The van der Waals surface area contributed by atoms with Crippen molar-refractivity contribution in [2.75, 3.05) is 6.54 Å². The van der Waals surface area contributed by atoms with Gasteiger partial charge in [0.1, 0.15) is 0 Å². The molecule has 0 spiro atoms. The van der Waals surface area contributed by atoms with Gasteiger partial charge in [-0.3, -0.25) is 4.79 Å². The Morgan fingerprint density at radius 2 is 2.26 bits per heavy atom. The maximum atomic E-state index is 12.3. The molecule has 1 saturated heterocycles. The Morgan fingerprint density at radius 1 is 1.32 bits per heavy atom. The molecule has 3 unspecified atom stereocenters. The number of fused-ring (bicyclic) bond motifs is 3. The zero-order chi connectivity index (χ0) is 12.8. The van der Waals surface area contributed by atoms with Crippen LogP contribution in [0.15, 0.2) is 36.7 Å². The quantitative estimate of drug-likeness (QED) is 0.852. The second kappa shape index (κ2) is 4.10. The van der Waals surface area contributed by atoms with E-state index in [0.717, 1.165) is 30.0 Å². The SMILES string of the molecule is O=C(NC1CC2CNC1C2)c1ccc2cccn2c1. The number of nitrogens with zero attached hydrogens (tertiary/aromatic N) is 1. The Kier molecular flexibility index (Phi) is 2.38. The molecule has 2 aromatic rings. The first-order valence-electron chi connectivity index (χ1n) is 6.90. The van der Waals surface area contributed by atoms with Gasteiger partial charge in [0.15, 0.2) is 0 Å². The molecule has 4 nitrogen and oxygen atoms in total. The summed E-state index contributed by atoms with van der Waals surface area (Å²) < 4.78 is 1.98. The first-order chi connectivity index (χ1) is 9.29. The molecule has 4 rings (SSSR count). The van der Waals surface area contributed by atoms with Crippen molar-refractivity contribution < 1.29 is 4.79 Å². The summed E-state index contributed by atoms with van der Waals surface area (Å²) in [7, 11) is 0. The highest BCUT2D eigenvalue weighted by Gasteiger charge is 2.39. The van der Waals surface area contributed by atoms with E-state index in [1.807, 2.05) is 41.1 Å². The highest BCUT2D eigenvalue weighted by Crippen LogP contribution is 2.31. The van der Waals surface area contributed by atoms with Gasteiger partial charge in [-0.25, -0.2) is 0 Å². The summed E-state index contributed by atoms with van der Waals surface area (Å²) in [4.78, 5) is 12.3. The van der Waals surface area contributed by atoms with E-state index >= 15 is 0 Å². The van der Waals surface area contributed by atoms with E-state index < -0.39 is 0 Å². The van der Waals surface area contributed by atoms with Crippen LogP contribution in [-0.4, -0.2) is 28.9 Å². The van der Waals surface area contributed by atoms with Crippen LogP contribution < -0.4 is 10.6 Å². The zero-order valence-corrected chi connectivity index (χ0v) is 10.7. The van der Waals surface area contributed by atoms with Crippen molar-refractivity contribution in [3.05, 3.63) is 42.2 Å². The lowest BCUT2D eigenvalue weighted by Gasteiger charge is -2.24. The van der Waals surface area contributed by atoms with Crippen LogP contribution in [0.3, 0.4) is 0 Å². The lowest BCUT2D eigenvalue weighted by atomic mass is 10.1. The van der Waals surface area contributed by atoms with Crippen LogP contribution in [0.5, 0.6) is 0 Å². The number of carbonyl (C=O) groups is 1. The van der Waals surface area contributed by atoms with Gasteiger partial charge in [-0.15, -0.1) is 0 Å². The molecule has 2 aromatic heterocycles. The summed E-state index contributed by atoms with van der Waals surface area (Å²) >= 11 is 0. The predicted molar refractivity (Wildman–Crippen MR) is 73.2 cm³/mol. The molecule has 4 heteroatoms. The topological polar surface area (TPSA) is 45.5 Å². The first kappa shape index (κ1) is 11.1. The van der Waals surface area contributed by atoms with Crippen molar-refractivity contribution in [2.45, 2.75) is 24.9 Å². The summed E-state index contributed by atoms with van der Waals surface area (Å²) in [5.74, 6) is 0.789. The molecule has 19 heavy (non-hydrogen) atoms. The van der Waals surface area contributed by atoms with Crippen LogP contribution in [-0.2, 0) is 0 Å². The van der Waals surface area contributed by atoms with Crippen molar-refractivity contribution >= 4 is 11.4 Å². The average Bonchev–Trinajstić information content (AvgIpc) is 3.13. The van der Waals surface area contributed by atoms with E-state index in [1.54, 1.807) is 0 Å². The third kappa shape index (κ3) is 1.83. The smallest absolute Gasteiger partial charge is 0.253 e. The van der Waals surface area contributed by atoms with Crippen LogP contribution in [0.25, 0.3) is 5.52 Å². The van der Waals surface area contributed by atoms with Gasteiger partial charge in [-0.05, 0) is 49.6 Å². The number of rotatable bonds is 2. The molecular formula is C15H17N3O. The normalized spacial score (nSPS) is 28.9.